The molecule has 10 nitrogen and oxygen atoms in total. The summed E-state index contributed by atoms with van der Waals surface area (Å²) < 4.78 is 47.0. The van der Waals surface area contributed by atoms with Crippen LogP contribution in [-0.4, -0.2) is 87.9 Å². The lowest BCUT2D eigenvalue weighted by molar-refractivity contribution is -0.0177. The third-order valence-electron chi connectivity index (χ3n) is 8.60. The van der Waals surface area contributed by atoms with Crippen LogP contribution in [0.4, 0.5) is 5.69 Å². The number of fused-ring (bicyclic) bond motifs is 1. The zero-order valence-corrected chi connectivity index (χ0v) is 31.0. The molecule has 1 aliphatic heterocycles. The number of methoxy groups -OCH3 is 1. The number of carbonyl (C=O) groups excluding carboxylic acids is 1. The van der Waals surface area contributed by atoms with Gasteiger partial charge in [-0.2, -0.15) is 0 Å². The van der Waals surface area contributed by atoms with Crippen LogP contribution < -0.4 is 14.2 Å². The van der Waals surface area contributed by atoms with Gasteiger partial charge in [0.15, 0.2) is 0 Å². The monoisotopic (exact) mass is 735 g/mol. The minimum absolute atomic E-state index is 0.0455. The van der Waals surface area contributed by atoms with E-state index < -0.39 is 16.1 Å². The van der Waals surface area contributed by atoms with Gasteiger partial charge in [0.2, 0.25) is 0 Å². The maximum absolute atomic E-state index is 14.4. The smallest absolute Gasteiger partial charge is 0.261 e. The Morgan fingerprint density at radius 2 is 1.80 bits per heavy atom. The Labute approximate surface area is 300 Å². The van der Waals surface area contributed by atoms with E-state index in [0.29, 0.717) is 41.2 Å². The second kappa shape index (κ2) is 17.7. The molecular weight excluding hydrogens is 689 g/mol. The number of rotatable bonds is 10. The Morgan fingerprint density at radius 3 is 2.47 bits per heavy atom. The van der Waals surface area contributed by atoms with E-state index in [0.717, 1.165) is 24.8 Å². The molecule has 49 heavy (non-hydrogen) atoms. The number of ether oxygens (including phenoxy) is 3. The average molecular weight is 737 g/mol. The lowest BCUT2D eigenvalue weighted by atomic mass is 10.0. The Bertz CT molecular complexity index is 1660. The SMILES string of the molecule is COc1ccc(S(=O)(=O)Nc2ccc3c(c2)C(=O)N([C@@H](C)CO)C[C@H](C)[C@@H](CN(C)Cc2ccc(Cl)c(Cl)c2)OCCCC[C@H](C)O3)cc1. The van der Waals surface area contributed by atoms with Gasteiger partial charge in [-0.15, -0.1) is 0 Å². The number of amides is 1. The molecule has 0 spiro atoms. The molecule has 268 valence electrons. The van der Waals surface area contributed by atoms with Crippen molar-refractivity contribution in [2.45, 2.75) is 69.7 Å². The van der Waals surface area contributed by atoms with Crippen molar-refractivity contribution in [3.63, 3.8) is 0 Å². The van der Waals surface area contributed by atoms with Crippen LogP contribution in [0.1, 0.15) is 56.0 Å². The molecule has 1 amide bonds. The highest BCUT2D eigenvalue weighted by Crippen LogP contribution is 2.30. The molecule has 13 heteroatoms. The minimum atomic E-state index is -3.98. The summed E-state index contributed by atoms with van der Waals surface area (Å²) in [7, 11) is -0.467. The second-order valence-corrected chi connectivity index (χ2v) is 15.2. The normalized spacial score (nSPS) is 20.2. The number of hydrogen-bond acceptors (Lipinski definition) is 8. The number of anilines is 1. The van der Waals surface area contributed by atoms with Crippen molar-refractivity contribution in [3.8, 4) is 11.5 Å². The minimum Gasteiger partial charge on any atom is -0.497 e. The Balaban J connectivity index is 1.63. The van der Waals surface area contributed by atoms with Crippen molar-refractivity contribution in [3.05, 3.63) is 81.8 Å². The number of aliphatic hydroxyl groups excluding tert-OH is 1. The fraction of sp³-hybridized carbons (Fsp3) is 0.472. The zero-order valence-electron chi connectivity index (χ0n) is 28.7. The first kappa shape index (κ1) is 38.7. The molecule has 0 fully saturated rings. The van der Waals surface area contributed by atoms with Gasteiger partial charge in [-0.05, 0) is 100 Å². The zero-order chi connectivity index (χ0) is 35.7. The third-order valence-corrected chi connectivity index (χ3v) is 10.7. The van der Waals surface area contributed by atoms with E-state index >= 15 is 0 Å². The lowest BCUT2D eigenvalue weighted by Crippen LogP contribution is -2.47. The summed E-state index contributed by atoms with van der Waals surface area (Å²) in [5.74, 6) is 0.359. The number of sulfonamides is 1. The number of hydrogen-bond donors (Lipinski definition) is 2. The van der Waals surface area contributed by atoms with Crippen LogP contribution >= 0.6 is 23.2 Å². The molecule has 0 bridgehead atoms. The quantitative estimate of drug-likeness (QED) is 0.236. The van der Waals surface area contributed by atoms with Crippen molar-refractivity contribution in [2.24, 2.45) is 5.92 Å². The van der Waals surface area contributed by atoms with Crippen molar-refractivity contribution in [2.75, 3.05) is 45.2 Å². The van der Waals surface area contributed by atoms with Gasteiger partial charge in [0.25, 0.3) is 15.9 Å². The van der Waals surface area contributed by atoms with Crippen LogP contribution in [-0.2, 0) is 21.3 Å². The van der Waals surface area contributed by atoms with Gasteiger partial charge in [0, 0.05) is 37.8 Å². The van der Waals surface area contributed by atoms with Crippen LogP contribution in [0.25, 0.3) is 0 Å². The Morgan fingerprint density at radius 1 is 1.06 bits per heavy atom. The molecule has 0 unspecified atom stereocenters. The van der Waals surface area contributed by atoms with Crippen molar-refractivity contribution in [1.29, 1.82) is 0 Å². The number of nitrogens with one attached hydrogen (secondary N) is 1. The first-order valence-electron chi connectivity index (χ1n) is 16.4. The van der Waals surface area contributed by atoms with Crippen LogP contribution in [0.3, 0.4) is 0 Å². The van der Waals surface area contributed by atoms with Crippen molar-refractivity contribution in [1.82, 2.24) is 9.80 Å². The topological polar surface area (TPSA) is 118 Å². The van der Waals surface area contributed by atoms with Crippen molar-refractivity contribution >= 4 is 44.8 Å². The van der Waals surface area contributed by atoms with Gasteiger partial charge >= 0.3 is 0 Å². The molecular formula is C36H47Cl2N3O7S. The highest BCUT2D eigenvalue weighted by Gasteiger charge is 2.31. The maximum atomic E-state index is 14.4. The lowest BCUT2D eigenvalue weighted by Gasteiger charge is -2.36. The summed E-state index contributed by atoms with van der Waals surface area (Å²) in [5.41, 5.74) is 1.41. The Hall–Kier alpha value is -3.06. The summed E-state index contributed by atoms with van der Waals surface area (Å²) in [5, 5.41) is 11.3. The largest absolute Gasteiger partial charge is 0.497 e. The molecule has 0 saturated heterocycles. The van der Waals surface area contributed by atoms with Gasteiger partial charge in [-0.25, -0.2) is 8.42 Å². The molecule has 1 heterocycles. The molecule has 2 N–H and O–H groups in total. The van der Waals surface area contributed by atoms with Gasteiger partial charge in [-0.3, -0.25) is 14.4 Å². The number of likely N-dealkylation sites (N-methyl/N-ethyl adjacent to an activating group) is 1. The van der Waals surface area contributed by atoms with Crippen LogP contribution in [0.15, 0.2) is 65.6 Å². The number of carbonyl (C=O) groups is 1. The maximum Gasteiger partial charge on any atom is 0.261 e. The molecule has 1 aliphatic rings. The Kier molecular flexibility index (Phi) is 14.0. The summed E-state index contributed by atoms with van der Waals surface area (Å²) in [6.07, 6.45) is 1.98. The average Bonchev–Trinajstić information content (AvgIpc) is 3.07. The van der Waals surface area contributed by atoms with E-state index in [1.807, 2.05) is 33.0 Å². The fourth-order valence-electron chi connectivity index (χ4n) is 5.74. The van der Waals surface area contributed by atoms with Crippen LogP contribution in [0.5, 0.6) is 11.5 Å². The van der Waals surface area contributed by atoms with Gasteiger partial charge in [-0.1, -0.05) is 36.2 Å². The van der Waals surface area contributed by atoms with Gasteiger partial charge < -0.3 is 24.2 Å². The molecule has 3 aromatic carbocycles. The predicted molar refractivity (Wildman–Crippen MR) is 193 cm³/mol. The standard InChI is InChI=1S/C36H47Cl2N3O7S/c1-24-20-41(25(2)23-42)36(43)31-19-28(39-49(44,45)30-13-11-29(46-5)12-14-30)10-16-34(31)48-26(3)8-6-7-17-47-35(24)22-40(4)21-27-9-15-32(37)33(38)18-27/h9-16,18-19,24-26,35,39,42H,6-8,17,20-23H2,1-5H3/t24-,25-,26-,35+/m0/s1. The van der Waals surface area contributed by atoms with Crippen LogP contribution in [0, 0.1) is 5.92 Å². The highest BCUT2D eigenvalue weighted by molar-refractivity contribution is 7.92. The van der Waals surface area contributed by atoms with E-state index in [9.17, 15) is 18.3 Å². The van der Waals surface area contributed by atoms with E-state index in [1.165, 1.54) is 25.3 Å². The molecule has 0 aliphatic carbocycles. The van der Waals surface area contributed by atoms with Crippen molar-refractivity contribution < 1.29 is 32.5 Å². The van der Waals surface area contributed by atoms with Crippen LogP contribution in [0.2, 0.25) is 10.0 Å². The first-order valence-corrected chi connectivity index (χ1v) is 18.7. The van der Waals surface area contributed by atoms with Gasteiger partial charge in [0.1, 0.15) is 11.5 Å². The number of benzene rings is 3. The summed E-state index contributed by atoms with van der Waals surface area (Å²) >= 11 is 12.4. The molecule has 0 saturated carbocycles. The summed E-state index contributed by atoms with van der Waals surface area (Å²) in [6.45, 7) is 7.53. The van der Waals surface area contributed by atoms with E-state index in [-0.39, 0.29) is 53.3 Å². The number of nitrogens with zero attached hydrogens (tertiary/aromatic N) is 2. The first-order chi connectivity index (χ1) is 23.3. The molecule has 4 rings (SSSR count). The molecule has 3 aromatic rings. The second-order valence-electron chi connectivity index (χ2n) is 12.7. The summed E-state index contributed by atoms with van der Waals surface area (Å²) in [4.78, 5) is 18.2. The molecule has 0 aromatic heterocycles. The fourth-order valence-corrected chi connectivity index (χ4v) is 7.11. The van der Waals surface area contributed by atoms with E-state index in [2.05, 4.69) is 9.62 Å². The number of halogens is 2. The third kappa shape index (κ3) is 10.7. The van der Waals surface area contributed by atoms with E-state index in [4.69, 9.17) is 37.4 Å². The van der Waals surface area contributed by atoms with E-state index in [1.54, 1.807) is 42.2 Å². The molecule has 0 radical (unpaired) electrons. The predicted octanol–water partition coefficient (Wildman–Crippen LogP) is 6.73. The summed E-state index contributed by atoms with van der Waals surface area (Å²) in [6, 6.07) is 15.8. The number of aliphatic hydroxyl groups is 1. The van der Waals surface area contributed by atoms with Gasteiger partial charge in [0.05, 0.1) is 52.5 Å². The molecule has 4 atom stereocenters. The highest BCUT2D eigenvalue weighted by atomic mass is 35.5.